The maximum absolute atomic E-state index is 13.7. The van der Waals surface area contributed by atoms with Crippen LogP contribution in [0.25, 0.3) is 11.0 Å². The molecule has 0 spiro atoms. The van der Waals surface area contributed by atoms with Crippen LogP contribution >= 0.6 is 23.5 Å². The van der Waals surface area contributed by atoms with Gasteiger partial charge in [-0.3, -0.25) is 14.5 Å². The van der Waals surface area contributed by atoms with Crippen LogP contribution < -0.4 is 16.3 Å². The summed E-state index contributed by atoms with van der Waals surface area (Å²) in [4.78, 5) is 69.2. The predicted octanol–water partition coefficient (Wildman–Crippen LogP) is 1.45. The molecule has 1 fully saturated rings. The number of amides is 3. The molecule has 2 aromatic carbocycles. The van der Waals surface area contributed by atoms with Crippen LogP contribution in [0.2, 0.25) is 0 Å². The molecule has 2 aliphatic rings. The number of rotatable bonds is 9. The topological polar surface area (TPSA) is 208 Å². The number of hydrogen-bond donors (Lipinski definition) is 5. The zero-order valence-corrected chi connectivity index (χ0v) is 24.6. The molecule has 2 aromatic heterocycles. The molecule has 226 valence electrons. The van der Waals surface area contributed by atoms with Gasteiger partial charge in [-0.2, -0.15) is 0 Å². The number of carbonyl (C=O) groups excluding carboxylic acids is 3. The highest BCUT2D eigenvalue weighted by Gasteiger charge is 2.55. The van der Waals surface area contributed by atoms with Crippen LogP contribution in [0.5, 0.6) is 0 Å². The molecule has 4 aromatic rings. The lowest BCUT2D eigenvalue weighted by atomic mass is 9.99. The van der Waals surface area contributed by atoms with E-state index in [0.717, 1.165) is 4.57 Å². The van der Waals surface area contributed by atoms with E-state index in [1.54, 1.807) is 54.6 Å². The average molecular weight is 636 g/mol. The third kappa shape index (κ3) is 5.24. The number of carboxylic acid groups (broad SMARTS) is 1. The summed E-state index contributed by atoms with van der Waals surface area (Å²) in [6.45, 7) is 1.90. The molecule has 4 heterocycles. The van der Waals surface area contributed by atoms with Gasteiger partial charge in [0.15, 0.2) is 0 Å². The van der Waals surface area contributed by atoms with Crippen molar-refractivity contribution in [3.63, 3.8) is 0 Å². The van der Waals surface area contributed by atoms with Crippen molar-refractivity contribution in [2.24, 2.45) is 0 Å². The third-order valence-corrected chi connectivity index (χ3v) is 9.89. The Morgan fingerprint density at radius 3 is 2.59 bits per heavy atom. The highest BCUT2D eigenvalue weighted by atomic mass is 32.2. The monoisotopic (exact) mass is 635 g/mol. The van der Waals surface area contributed by atoms with E-state index in [0.29, 0.717) is 39.5 Å². The highest BCUT2D eigenvalue weighted by molar-refractivity contribution is 8.01. The summed E-state index contributed by atoms with van der Waals surface area (Å²) in [5.41, 5.74) is 0.959. The van der Waals surface area contributed by atoms with Gasteiger partial charge in [-0.25, -0.2) is 24.0 Å². The number of nitrogens with one attached hydrogen (secondary N) is 4. The van der Waals surface area contributed by atoms with E-state index in [9.17, 15) is 29.1 Å². The highest BCUT2D eigenvalue weighted by Crippen LogP contribution is 2.44. The van der Waals surface area contributed by atoms with Crippen LogP contribution in [0.1, 0.15) is 24.9 Å². The number of H-pyrrole nitrogens is 2. The van der Waals surface area contributed by atoms with Gasteiger partial charge in [0.25, 0.3) is 5.91 Å². The van der Waals surface area contributed by atoms with Crippen LogP contribution in [0.15, 0.2) is 75.8 Å². The number of benzene rings is 2. The van der Waals surface area contributed by atoms with Gasteiger partial charge < -0.3 is 20.7 Å². The molecule has 0 radical (unpaired) electrons. The molecule has 3 amide bonds. The minimum absolute atomic E-state index is 0.123. The van der Waals surface area contributed by atoms with Crippen molar-refractivity contribution in [1.82, 2.24) is 45.7 Å². The molecule has 3 unspecified atom stereocenters. The number of aliphatic carboxylic acids is 1. The van der Waals surface area contributed by atoms with E-state index in [-0.39, 0.29) is 10.9 Å². The number of tetrazole rings is 1. The Kier molecular flexibility index (Phi) is 7.96. The van der Waals surface area contributed by atoms with Crippen LogP contribution in [-0.4, -0.2) is 86.4 Å². The molecular weight excluding hydrogens is 610 g/mol. The second kappa shape index (κ2) is 12.0. The largest absolute Gasteiger partial charge is 0.477 e. The fourth-order valence-corrected chi connectivity index (χ4v) is 7.73. The Balaban J connectivity index is 1.24. The number of aromatic amines is 2. The van der Waals surface area contributed by atoms with Gasteiger partial charge in [-0.15, -0.1) is 16.9 Å². The Hall–Kier alpha value is -4.90. The van der Waals surface area contributed by atoms with Gasteiger partial charge in [0.1, 0.15) is 23.2 Å². The number of nitrogens with zero attached hydrogens (tertiary/aromatic N) is 5. The SMILES string of the molecule is CCC(Sc1nnn[nH]1)C1=C(C(=O)O)N2C(=O)C(NC(=O)C(NC(=O)n3c(=O)[nH]c4ccccc43)c3ccccc3)[C@@H]2SC1. The van der Waals surface area contributed by atoms with E-state index < -0.39 is 47.0 Å². The summed E-state index contributed by atoms with van der Waals surface area (Å²) in [5.74, 6) is -2.23. The zero-order chi connectivity index (χ0) is 31.0. The van der Waals surface area contributed by atoms with Crippen molar-refractivity contribution in [2.45, 2.75) is 41.2 Å². The smallest absolute Gasteiger partial charge is 0.352 e. The first-order chi connectivity index (χ1) is 21.3. The summed E-state index contributed by atoms with van der Waals surface area (Å²) in [6.07, 6.45) is 0.558. The summed E-state index contributed by atoms with van der Waals surface area (Å²) in [7, 11) is 0. The minimum Gasteiger partial charge on any atom is -0.477 e. The van der Waals surface area contributed by atoms with E-state index in [1.807, 2.05) is 6.92 Å². The number of carbonyl (C=O) groups is 4. The Morgan fingerprint density at radius 1 is 1.14 bits per heavy atom. The van der Waals surface area contributed by atoms with Gasteiger partial charge in [-0.1, -0.05) is 61.2 Å². The first-order valence-electron chi connectivity index (χ1n) is 13.5. The van der Waals surface area contributed by atoms with Crippen molar-refractivity contribution in [3.8, 4) is 0 Å². The van der Waals surface area contributed by atoms with Gasteiger partial charge in [0.05, 0.1) is 11.0 Å². The molecule has 17 heteroatoms. The first kappa shape index (κ1) is 29.2. The standard InChI is InChI=1S/C27H25N9O6S2/c1-2-17(44-25-31-33-34-32-25)14-12-43-23-19(22(38)36(23)20(14)24(39)40)29-21(37)18(13-8-4-3-5-9-13)30-27(42)35-16-11-7-6-10-15(16)28-26(35)41/h3-11,17-19,23H,2,12H2,1H3,(H,28,41)(H,29,37)(H,30,42)(H,39,40)(H,31,32,33,34)/t17?,18?,19?,23-/m0/s1. The van der Waals surface area contributed by atoms with Crippen molar-refractivity contribution in [2.75, 3.05) is 5.75 Å². The lowest BCUT2D eigenvalue weighted by molar-refractivity contribution is -0.151. The lowest BCUT2D eigenvalue weighted by Gasteiger charge is -2.50. The van der Waals surface area contributed by atoms with Crippen LogP contribution in [-0.2, 0) is 14.4 Å². The van der Waals surface area contributed by atoms with Crippen LogP contribution in [0.4, 0.5) is 4.79 Å². The van der Waals surface area contributed by atoms with Gasteiger partial charge >= 0.3 is 17.7 Å². The van der Waals surface area contributed by atoms with Gasteiger partial charge in [-0.05, 0) is 40.1 Å². The van der Waals surface area contributed by atoms with Crippen molar-refractivity contribution < 1.29 is 24.3 Å². The Bertz CT molecular complexity index is 1840. The first-order valence-corrected chi connectivity index (χ1v) is 15.4. The molecular formula is C27H25N9O6S2. The van der Waals surface area contributed by atoms with E-state index >= 15 is 0 Å². The average Bonchev–Trinajstić information content (AvgIpc) is 3.67. The lowest BCUT2D eigenvalue weighted by Crippen LogP contribution is -2.71. The number of hydrogen-bond acceptors (Lipinski definition) is 10. The molecule has 0 bridgehead atoms. The molecule has 4 atom stereocenters. The summed E-state index contributed by atoms with van der Waals surface area (Å²) in [6, 6.07) is 11.9. The van der Waals surface area contributed by atoms with E-state index in [1.165, 1.54) is 28.4 Å². The van der Waals surface area contributed by atoms with Crippen LogP contribution in [0.3, 0.4) is 0 Å². The summed E-state index contributed by atoms with van der Waals surface area (Å²) >= 11 is 2.60. The number of carboxylic acids is 1. The molecule has 6 rings (SSSR count). The maximum Gasteiger partial charge on any atom is 0.352 e. The second-order valence-electron chi connectivity index (χ2n) is 9.87. The molecule has 5 N–H and O–H groups in total. The number of thioether (sulfide) groups is 2. The number of imidazole rings is 1. The number of β-lactam (4-membered cyclic amide) rings is 1. The van der Waals surface area contributed by atoms with Crippen molar-refractivity contribution in [3.05, 3.63) is 81.9 Å². The van der Waals surface area contributed by atoms with Crippen molar-refractivity contribution >= 4 is 58.4 Å². The molecule has 1 saturated heterocycles. The normalized spacial score (nSPS) is 19.2. The Morgan fingerprint density at radius 2 is 1.89 bits per heavy atom. The van der Waals surface area contributed by atoms with E-state index in [4.69, 9.17) is 0 Å². The predicted molar refractivity (Wildman–Crippen MR) is 159 cm³/mol. The fourth-order valence-electron chi connectivity index (χ4n) is 5.25. The van der Waals surface area contributed by atoms with Gasteiger partial charge in [0, 0.05) is 11.0 Å². The Labute approximate surface area is 256 Å². The molecule has 15 nitrogen and oxygen atoms in total. The minimum atomic E-state index is -1.26. The van der Waals surface area contributed by atoms with Crippen LogP contribution in [0, 0.1) is 0 Å². The van der Waals surface area contributed by atoms with Crippen molar-refractivity contribution in [1.29, 1.82) is 0 Å². The number of fused-ring (bicyclic) bond motifs is 2. The molecule has 44 heavy (non-hydrogen) atoms. The maximum atomic E-state index is 13.7. The second-order valence-corrected chi connectivity index (χ2v) is 12.2. The number of aromatic nitrogens is 6. The third-order valence-electron chi connectivity index (χ3n) is 7.29. The van der Waals surface area contributed by atoms with E-state index in [2.05, 4.69) is 36.2 Å². The molecule has 0 saturated carbocycles. The quantitative estimate of drug-likeness (QED) is 0.131. The molecule has 0 aliphatic carbocycles. The zero-order valence-electron chi connectivity index (χ0n) is 23.0. The summed E-state index contributed by atoms with van der Waals surface area (Å²) < 4.78 is 0.897. The van der Waals surface area contributed by atoms with Gasteiger partial charge in [0.2, 0.25) is 11.1 Å². The summed E-state index contributed by atoms with van der Waals surface area (Å²) in [5, 5.41) is 28.5. The fraction of sp³-hybridized carbons (Fsp3) is 0.259. The molecule has 2 aliphatic heterocycles. The number of para-hydroxylation sites is 2.